The van der Waals surface area contributed by atoms with Crippen molar-refractivity contribution >= 4 is 39.3 Å². The Morgan fingerprint density at radius 2 is 2.27 bits per heavy atom. The van der Waals surface area contributed by atoms with Crippen molar-refractivity contribution in [3.63, 3.8) is 0 Å². The lowest BCUT2D eigenvalue weighted by molar-refractivity contribution is -0.139. The molecule has 0 amide bonds. The van der Waals surface area contributed by atoms with Gasteiger partial charge in [0, 0.05) is 5.56 Å². The lowest BCUT2D eigenvalue weighted by Crippen LogP contribution is -2.06. The molecule has 0 fully saturated rings. The predicted octanol–water partition coefficient (Wildman–Crippen LogP) is 4.17. The van der Waals surface area contributed by atoms with Gasteiger partial charge in [-0.05, 0) is 51.1 Å². The van der Waals surface area contributed by atoms with Crippen LogP contribution in [0.15, 0.2) is 45.1 Å². The van der Waals surface area contributed by atoms with Gasteiger partial charge in [-0.25, -0.2) is 4.79 Å². The van der Waals surface area contributed by atoms with Crippen molar-refractivity contribution in [1.29, 1.82) is 5.26 Å². The Morgan fingerprint density at radius 1 is 1.45 bits per heavy atom. The second-order valence-electron chi connectivity index (χ2n) is 4.28. The standard InChI is InChI=1S/C16H12BrNO3S/c1-20-14-4-2-3-11(6-14)5-13(8-18)16(19)21-9-12-7-15(17)22-10-12/h2-7,10H,9H2,1H3/b13-5-. The van der Waals surface area contributed by atoms with E-state index in [4.69, 9.17) is 14.7 Å². The summed E-state index contributed by atoms with van der Waals surface area (Å²) in [5.41, 5.74) is 1.53. The maximum atomic E-state index is 12.0. The number of benzene rings is 1. The summed E-state index contributed by atoms with van der Waals surface area (Å²) in [6.45, 7) is 0.137. The molecule has 2 aromatic rings. The number of hydrogen-bond donors (Lipinski definition) is 0. The van der Waals surface area contributed by atoms with Crippen molar-refractivity contribution in [2.75, 3.05) is 7.11 Å². The summed E-state index contributed by atoms with van der Waals surface area (Å²) in [6.07, 6.45) is 1.48. The quantitative estimate of drug-likeness (QED) is 0.445. The molecule has 2 rings (SSSR count). The SMILES string of the molecule is COc1cccc(/C=C(/C#N)C(=O)OCc2csc(Br)c2)c1. The summed E-state index contributed by atoms with van der Waals surface area (Å²) in [7, 11) is 1.56. The summed E-state index contributed by atoms with van der Waals surface area (Å²) < 4.78 is 11.2. The van der Waals surface area contributed by atoms with Crippen molar-refractivity contribution in [2.24, 2.45) is 0 Å². The second-order valence-corrected chi connectivity index (χ2v) is 6.57. The highest BCUT2D eigenvalue weighted by molar-refractivity contribution is 9.11. The highest BCUT2D eigenvalue weighted by Crippen LogP contribution is 2.21. The Morgan fingerprint density at radius 3 is 2.91 bits per heavy atom. The molecule has 0 bridgehead atoms. The number of carbonyl (C=O) groups is 1. The van der Waals surface area contributed by atoms with Gasteiger partial charge in [0.05, 0.1) is 10.9 Å². The number of esters is 1. The highest BCUT2D eigenvalue weighted by atomic mass is 79.9. The molecule has 1 aromatic heterocycles. The molecule has 22 heavy (non-hydrogen) atoms. The van der Waals surface area contributed by atoms with E-state index < -0.39 is 5.97 Å². The molecule has 0 saturated heterocycles. The van der Waals surface area contributed by atoms with Gasteiger partial charge in [0.1, 0.15) is 24.0 Å². The Balaban J connectivity index is 2.08. The summed E-state index contributed by atoms with van der Waals surface area (Å²) in [6, 6.07) is 10.8. The summed E-state index contributed by atoms with van der Waals surface area (Å²) >= 11 is 4.85. The van der Waals surface area contributed by atoms with Crippen LogP contribution in [0.1, 0.15) is 11.1 Å². The molecule has 0 radical (unpaired) electrons. The van der Waals surface area contributed by atoms with Gasteiger partial charge >= 0.3 is 5.97 Å². The Labute approximate surface area is 140 Å². The van der Waals surface area contributed by atoms with Gasteiger partial charge < -0.3 is 9.47 Å². The van der Waals surface area contributed by atoms with Crippen molar-refractivity contribution in [2.45, 2.75) is 6.61 Å². The van der Waals surface area contributed by atoms with Crippen LogP contribution in [0.2, 0.25) is 0 Å². The molecule has 0 aliphatic rings. The van der Waals surface area contributed by atoms with E-state index in [1.807, 2.05) is 17.5 Å². The topological polar surface area (TPSA) is 59.3 Å². The van der Waals surface area contributed by atoms with E-state index >= 15 is 0 Å². The Kier molecular flexibility index (Phi) is 5.75. The van der Waals surface area contributed by atoms with Gasteiger partial charge in [-0.15, -0.1) is 11.3 Å². The van der Waals surface area contributed by atoms with Crippen molar-refractivity contribution in [3.05, 3.63) is 56.2 Å². The fourth-order valence-corrected chi connectivity index (χ4v) is 2.88. The fourth-order valence-electron chi connectivity index (χ4n) is 1.68. The van der Waals surface area contributed by atoms with Crippen LogP contribution < -0.4 is 4.74 Å². The van der Waals surface area contributed by atoms with E-state index in [0.29, 0.717) is 11.3 Å². The molecule has 6 heteroatoms. The lowest BCUT2D eigenvalue weighted by atomic mass is 10.1. The normalized spacial score (nSPS) is 10.9. The number of halogens is 1. The van der Waals surface area contributed by atoms with E-state index in [9.17, 15) is 4.79 Å². The van der Waals surface area contributed by atoms with Gasteiger partial charge in [0.15, 0.2) is 0 Å². The maximum absolute atomic E-state index is 12.0. The van der Waals surface area contributed by atoms with E-state index in [1.54, 1.807) is 31.4 Å². The van der Waals surface area contributed by atoms with Gasteiger partial charge in [0.25, 0.3) is 0 Å². The van der Waals surface area contributed by atoms with Crippen LogP contribution in [0.5, 0.6) is 5.75 Å². The number of methoxy groups -OCH3 is 1. The maximum Gasteiger partial charge on any atom is 0.349 e. The zero-order chi connectivity index (χ0) is 15.9. The van der Waals surface area contributed by atoms with Gasteiger partial charge in [0.2, 0.25) is 0 Å². The lowest BCUT2D eigenvalue weighted by Gasteiger charge is -2.03. The molecule has 1 heterocycles. The third-order valence-corrected chi connectivity index (χ3v) is 4.29. The molecule has 1 aromatic carbocycles. The van der Waals surface area contributed by atoms with Crippen LogP contribution in [0.25, 0.3) is 6.08 Å². The minimum atomic E-state index is -0.646. The van der Waals surface area contributed by atoms with Crippen LogP contribution in [0.4, 0.5) is 0 Å². The predicted molar refractivity (Wildman–Crippen MR) is 88.4 cm³/mol. The minimum absolute atomic E-state index is 0.0532. The molecule has 0 atom stereocenters. The first-order valence-corrected chi connectivity index (χ1v) is 7.95. The zero-order valence-corrected chi connectivity index (χ0v) is 14.1. The fraction of sp³-hybridized carbons (Fsp3) is 0.125. The van der Waals surface area contributed by atoms with E-state index in [0.717, 1.165) is 9.35 Å². The van der Waals surface area contributed by atoms with Crippen molar-refractivity contribution < 1.29 is 14.3 Å². The molecule has 112 valence electrons. The zero-order valence-electron chi connectivity index (χ0n) is 11.7. The third kappa shape index (κ3) is 4.45. The van der Waals surface area contributed by atoms with Crippen LogP contribution in [-0.4, -0.2) is 13.1 Å². The smallest absolute Gasteiger partial charge is 0.349 e. The highest BCUT2D eigenvalue weighted by Gasteiger charge is 2.11. The molecular formula is C16H12BrNO3S. The second kappa shape index (κ2) is 7.78. The molecule has 0 N–H and O–H groups in total. The molecule has 0 aliphatic carbocycles. The number of nitrogens with zero attached hydrogens (tertiary/aromatic N) is 1. The number of carbonyl (C=O) groups excluding carboxylic acids is 1. The first-order chi connectivity index (χ1) is 10.6. The van der Waals surface area contributed by atoms with Crippen LogP contribution in [0.3, 0.4) is 0 Å². The van der Waals surface area contributed by atoms with Gasteiger partial charge in [-0.1, -0.05) is 12.1 Å². The average molecular weight is 378 g/mol. The summed E-state index contributed by atoms with van der Waals surface area (Å²) in [5.74, 6) is 0.00942. The first kappa shape index (κ1) is 16.3. The van der Waals surface area contributed by atoms with Crippen molar-refractivity contribution in [3.8, 4) is 11.8 Å². The minimum Gasteiger partial charge on any atom is -0.497 e. The van der Waals surface area contributed by atoms with Crippen LogP contribution >= 0.6 is 27.3 Å². The van der Waals surface area contributed by atoms with Crippen LogP contribution in [-0.2, 0) is 16.1 Å². The van der Waals surface area contributed by atoms with E-state index in [2.05, 4.69) is 15.9 Å². The van der Waals surface area contributed by atoms with Crippen molar-refractivity contribution in [1.82, 2.24) is 0 Å². The van der Waals surface area contributed by atoms with E-state index in [-0.39, 0.29) is 12.2 Å². The third-order valence-electron chi connectivity index (χ3n) is 2.74. The number of thiophene rings is 1. The number of hydrogen-bond acceptors (Lipinski definition) is 5. The number of nitriles is 1. The molecular weight excluding hydrogens is 366 g/mol. The number of ether oxygens (including phenoxy) is 2. The first-order valence-electron chi connectivity index (χ1n) is 6.28. The Bertz CT molecular complexity index is 746. The average Bonchev–Trinajstić information content (AvgIpc) is 2.96. The molecule has 0 spiro atoms. The number of rotatable bonds is 5. The van der Waals surface area contributed by atoms with Gasteiger partial charge in [-0.3, -0.25) is 0 Å². The largest absolute Gasteiger partial charge is 0.497 e. The molecule has 0 aliphatic heterocycles. The molecule has 0 unspecified atom stereocenters. The van der Waals surface area contributed by atoms with E-state index in [1.165, 1.54) is 17.4 Å². The Hall–Kier alpha value is -2.10. The monoisotopic (exact) mass is 377 g/mol. The molecule has 4 nitrogen and oxygen atoms in total. The summed E-state index contributed by atoms with van der Waals surface area (Å²) in [5, 5.41) is 11.0. The van der Waals surface area contributed by atoms with Crippen LogP contribution in [0, 0.1) is 11.3 Å². The van der Waals surface area contributed by atoms with Gasteiger partial charge in [-0.2, -0.15) is 5.26 Å². The molecule has 0 saturated carbocycles. The summed E-state index contributed by atoms with van der Waals surface area (Å²) in [4.78, 5) is 12.0.